The van der Waals surface area contributed by atoms with Crippen LogP contribution in [-0.4, -0.2) is 36.8 Å². The molecule has 0 saturated heterocycles. The number of benzene rings is 1. The molecule has 4 aromatic rings. The van der Waals surface area contributed by atoms with E-state index in [2.05, 4.69) is 34.1 Å². The van der Waals surface area contributed by atoms with Gasteiger partial charge < -0.3 is 14.7 Å². The molecule has 0 radical (unpaired) electrons. The van der Waals surface area contributed by atoms with Crippen molar-refractivity contribution in [1.29, 1.82) is 0 Å². The van der Waals surface area contributed by atoms with Gasteiger partial charge >= 0.3 is 6.18 Å². The minimum Gasteiger partial charge on any atom is -0.365 e. The van der Waals surface area contributed by atoms with Crippen molar-refractivity contribution >= 4 is 23.3 Å². The average molecular weight is 537 g/mol. The summed E-state index contributed by atoms with van der Waals surface area (Å²) in [4.78, 5) is 29.5. The summed E-state index contributed by atoms with van der Waals surface area (Å²) in [5, 5.41) is 3.57. The molecule has 1 aliphatic carbocycles. The van der Waals surface area contributed by atoms with Crippen molar-refractivity contribution in [1.82, 2.24) is 24.5 Å². The Labute approximate surface area is 224 Å². The number of imidazole rings is 1. The second-order valence-corrected chi connectivity index (χ2v) is 10.4. The molecule has 0 aliphatic heterocycles. The van der Waals surface area contributed by atoms with Gasteiger partial charge in [0, 0.05) is 25.2 Å². The molecule has 1 saturated carbocycles. The number of anilines is 1. The molecule has 204 valence electrons. The summed E-state index contributed by atoms with van der Waals surface area (Å²) in [5.74, 6) is 1.88. The van der Waals surface area contributed by atoms with E-state index in [1.54, 1.807) is 6.20 Å². The van der Waals surface area contributed by atoms with Crippen molar-refractivity contribution in [2.75, 3.05) is 5.32 Å². The Morgan fingerprint density at radius 1 is 1.10 bits per heavy atom. The molecule has 3 heterocycles. The van der Waals surface area contributed by atoms with E-state index in [0.717, 1.165) is 43.2 Å². The van der Waals surface area contributed by atoms with Crippen LogP contribution in [0.1, 0.15) is 68.6 Å². The predicted octanol–water partition coefficient (Wildman–Crippen LogP) is 6.64. The van der Waals surface area contributed by atoms with E-state index in [1.165, 1.54) is 18.5 Å². The van der Waals surface area contributed by atoms with Crippen molar-refractivity contribution in [2.24, 2.45) is 5.92 Å². The maximum atomic E-state index is 13.2. The number of carbonyl (C=O) groups excluding carboxylic acids is 1. The summed E-state index contributed by atoms with van der Waals surface area (Å²) in [6.45, 7) is 4.44. The van der Waals surface area contributed by atoms with Crippen molar-refractivity contribution in [3.8, 4) is 11.5 Å². The van der Waals surface area contributed by atoms with E-state index >= 15 is 0 Å². The first-order valence-corrected chi connectivity index (χ1v) is 13.3. The number of aromatic nitrogens is 5. The highest BCUT2D eigenvalue weighted by molar-refractivity contribution is 5.86. The first kappa shape index (κ1) is 26.8. The molecule has 1 unspecified atom stereocenters. The molecule has 1 fully saturated rings. The second-order valence-electron chi connectivity index (χ2n) is 10.4. The third kappa shape index (κ3) is 5.79. The van der Waals surface area contributed by atoms with Gasteiger partial charge in [0.2, 0.25) is 0 Å². The Balaban J connectivity index is 1.61. The van der Waals surface area contributed by atoms with Crippen molar-refractivity contribution in [2.45, 2.75) is 70.6 Å². The number of pyridine rings is 1. The minimum absolute atomic E-state index is 0.0716. The Kier molecular flexibility index (Phi) is 7.63. The monoisotopic (exact) mass is 536 g/mol. The molecule has 10 heteroatoms. The molecule has 7 nitrogen and oxygen atoms in total. The van der Waals surface area contributed by atoms with Gasteiger partial charge in [0.15, 0.2) is 17.3 Å². The molecule has 39 heavy (non-hydrogen) atoms. The third-order valence-electron chi connectivity index (χ3n) is 7.48. The molecule has 1 atom stereocenters. The van der Waals surface area contributed by atoms with Crippen LogP contribution < -0.4 is 5.32 Å². The largest absolute Gasteiger partial charge is 0.416 e. The second kappa shape index (κ2) is 11.1. The number of hydrogen-bond donors (Lipinski definition) is 1. The Morgan fingerprint density at radius 2 is 1.87 bits per heavy atom. The lowest BCUT2D eigenvalue weighted by molar-refractivity contribution is -0.137. The molecule has 3 aromatic heterocycles. The van der Waals surface area contributed by atoms with Gasteiger partial charge in [-0.1, -0.05) is 32.4 Å². The molecule has 5 rings (SSSR count). The van der Waals surface area contributed by atoms with Gasteiger partial charge in [-0.2, -0.15) is 13.2 Å². The average Bonchev–Trinajstić information content (AvgIpc) is 3.25. The maximum Gasteiger partial charge on any atom is 0.416 e. The number of rotatable bonds is 10. The topological polar surface area (TPSA) is 85.6 Å². The molecular weight excluding hydrogens is 505 g/mol. The van der Waals surface area contributed by atoms with Crippen LogP contribution in [0.2, 0.25) is 0 Å². The molecule has 0 spiro atoms. The van der Waals surface area contributed by atoms with E-state index in [-0.39, 0.29) is 18.5 Å². The molecule has 0 bridgehead atoms. The lowest BCUT2D eigenvalue weighted by Crippen LogP contribution is -2.34. The highest BCUT2D eigenvalue weighted by atomic mass is 19.4. The summed E-state index contributed by atoms with van der Waals surface area (Å²) in [7, 11) is 0. The summed E-state index contributed by atoms with van der Waals surface area (Å²) in [6.07, 6.45) is 4.21. The first-order chi connectivity index (χ1) is 18.7. The molecule has 1 aromatic carbocycles. The van der Waals surface area contributed by atoms with Crippen LogP contribution in [0.25, 0.3) is 22.7 Å². The fourth-order valence-corrected chi connectivity index (χ4v) is 5.02. The quantitative estimate of drug-likeness (QED) is 0.229. The number of halogens is 3. The van der Waals surface area contributed by atoms with E-state index in [9.17, 15) is 18.0 Å². The van der Waals surface area contributed by atoms with Crippen LogP contribution in [0.3, 0.4) is 0 Å². The number of hydrogen-bond acceptors (Lipinski definition) is 6. The van der Waals surface area contributed by atoms with Crippen LogP contribution in [0.5, 0.6) is 0 Å². The van der Waals surface area contributed by atoms with Crippen molar-refractivity contribution in [3.05, 3.63) is 65.6 Å². The van der Waals surface area contributed by atoms with Crippen molar-refractivity contribution < 1.29 is 18.0 Å². The van der Waals surface area contributed by atoms with Gasteiger partial charge in [-0.15, -0.1) is 0 Å². The zero-order valence-corrected chi connectivity index (χ0v) is 21.9. The number of aldehydes is 1. The van der Waals surface area contributed by atoms with Crippen molar-refractivity contribution in [3.63, 3.8) is 0 Å². The first-order valence-electron chi connectivity index (χ1n) is 13.3. The highest BCUT2D eigenvalue weighted by Gasteiger charge is 2.31. The summed E-state index contributed by atoms with van der Waals surface area (Å²) in [6, 6.07) is 9.16. The number of nitrogens with zero attached hydrogens (tertiary/aromatic N) is 5. The van der Waals surface area contributed by atoms with Crippen LogP contribution >= 0.6 is 0 Å². The molecular formula is C29H31F3N6O. The SMILES string of the molecule is CC(C)c1ccnc(-c2nc3ncnc(NC(CCC=O)C4CCC4)c3n2Cc2ccc(C(F)(F)F)cc2)c1. The Bertz CT molecular complexity index is 1440. The van der Waals surface area contributed by atoms with Gasteiger partial charge in [-0.25, -0.2) is 15.0 Å². The van der Waals surface area contributed by atoms with Crippen LogP contribution in [-0.2, 0) is 17.5 Å². The van der Waals surface area contributed by atoms with Crippen LogP contribution in [0.4, 0.5) is 19.0 Å². The van der Waals surface area contributed by atoms with Gasteiger partial charge in [0.1, 0.15) is 23.8 Å². The zero-order valence-electron chi connectivity index (χ0n) is 21.9. The van der Waals surface area contributed by atoms with Crippen LogP contribution in [0, 0.1) is 5.92 Å². The number of carbonyl (C=O) groups is 1. The summed E-state index contributed by atoms with van der Waals surface area (Å²) in [5.41, 5.74) is 2.84. The molecule has 0 amide bonds. The highest BCUT2D eigenvalue weighted by Crippen LogP contribution is 2.35. The van der Waals surface area contributed by atoms with Gasteiger partial charge in [-0.05, 0) is 66.5 Å². The smallest absolute Gasteiger partial charge is 0.365 e. The fraction of sp³-hybridized carbons (Fsp3) is 0.414. The lowest BCUT2D eigenvalue weighted by Gasteiger charge is -2.34. The molecule has 1 aliphatic rings. The van der Waals surface area contributed by atoms with Crippen LogP contribution in [0.15, 0.2) is 48.9 Å². The minimum atomic E-state index is -4.41. The Hall–Kier alpha value is -3.82. The van der Waals surface area contributed by atoms with E-state index in [1.807, 2.05) is 16.7 Å². The number of nitrogens with one attached hydrogen (secondary N) is 1. The van der Waals surface area contributed by atoms with E-state index in [0.29, 0.717) is 52.8 Å². The lowest BCUT2D eigenvalue weighted by atomic mass is 9.78. The summed E-state index contributed by atoms with van der Waals surface area (Å²) < 4.78 is 41.5. The normalized spacial score (nSPS) is 14.9. The molecule has 1 N–H and O–H groups in total. The maximum absolute atomic E-state index is 13.2. The standard InChI is InChI=1S/C29H31F3N6O/c1-18(2)21-12-13-33-24(15-21)28-37-27-25(38(28)16-19-8-10-22(11-9-19)29(30,31)32)26(34-17-35-27)36-23(7-4-14-39)20-5-3-6-20/h8-15,17-18,20,23H,3-7,16H2,1-2H3,(H,34,35,36). The van der Waals surface area contributed by atoms with Gasteiger partial charge in [0.05, 0.1) is 5.56 Å². The van der Waals surface area contributed by atoms with Gasteiger partial charge in [-0.3, -0.25) is 4.98 Å². The zero-order chi connectivity index (χ0) is 27.6. The van der Waals surface area contributed by atoms with E-state index in [4.69, 9.17) is 4.98 Å². The number of alkyl halides is 3. The third-order valence-corrected chi connectivity index (χ3v) is 7.48. The summed E-state index contributed by atoms with van der Waals surface area (Å²) >= 11 is 0. The fourth-order valence-electron chi connectivity index (χ4n) is 5.02. The Morgan fingerprint density at radius 3 is 2.51 bits per heavy atom. The van der Waals surface area contributed by atoms with Gasteiger partial charge in [0.25, 0.3) is 0 Å². The predicted molar refractivity (Wildman–Crippen MR) is 143 cm³/mol. The van der Waals surface area contributed by atoms with E-state index < -0.39 is 11.7 Å². The number of fused-ring (bicyclic) bond motifs is 1.